The van der Waals surface area contributed by atoms with E-state index in [-0.39, 0.29) is 23.1 Å². The Morgan fingerprint density at radius 1 is 1.20 bits per heavy atom. The summed E-state index contributed by atoms with van der Waals surface area (Å²) in [6.45, 7) is 2.74. The molecule has 1 aliphatic rings. The SMILES string of the molecule is CCc1cc(NC(=O)C(O)c2cc(F)cc(F)c2)ccc1-c1cnc(N)c(C(=O)NC2COC2)n1. The first-order valence-electron chi connectivity index (χ1n) is 10.8. The van der Waals surface area contributed by atoms with Gasteiger partial charge in [0.15, 0.2) is 17.6 Å². The summed E-state index contributed by atoms with van der Waals surface area (Å²) in [7, 11) is 0. The summed E-state index contributed by atoms with van der Waals surface area (Å²) in [5, 5.41) is 15.5. The Morgan fingerprint density at radius 3 is 2.54 bits per heavy atom. The molecule has 0 spiro atoms. The van der Waals surface area contributed by atoms with Crippen LogP contribution in [0, 0.1) is 11.6 Å². The number of ether oxygens (including phenoxy) is 1. The number of nitrogens with two attached hydrogens (primary N) is 1. The number of anilines is 2. The number of carbonyl (C=O) groups excluding carboxylic acids is 2. The van der Waals surface area contributed by atoms with Crippen molar-refractivity contribution in [3.05, 3.63) is 71.1 Å². The van der Waals surface area contributed by atoms with E-state index < -0.39 is 29.6 Å². The number of hydrogen-bond acceptors (Lipinski definition) is 7. The molecule has 35 heavy (non-hydrogen) atoms. The second-order valence-corrected chi connectivity index (χ2v) is 8.02. The molecule has 4 rings (SSSR count). The van der Waals surface area contributed by atoms with Crippen LogP contribution in [0.1, 0.15) is 34.6 Å². The van der Waals surface area contributed by atoms with Gasteiger partial charge in [-0.15, -0.1) is 0 Å². The van der Waals surface area contributed by atoms with Crippen LogP contribution in [0.4, 0.5) is 20.3 Å². The first-order chi connectivity index (χ1) is 16.7. The van der Waals surface area contributed by atoms with Gasteiger partial charge in [0.2, 0.25) is 0 Å². The molecule has 2 amide bonds. The Labute approximate surface area is 199 Å². The van der Waals surface area contributed by atoms with Crippen LogP contribution >= 0.6 is 0 Å². The summed E-state index contributed by atoms with van der Waals surface area (Å²) in [4.78, 5) is 33.5. The van der Waals surface area contributed by atoms with E-state index in [0.29, 0.717) is 42.6 Å². The number of carbonyl (C=O) groups is 2. The number of amides is 2. The molecule has 0 aliphatic carbocycles. The minimum Gasteiger partial charge on any atom is -0.382 e. The van der Waals surface area contributed by atoms with Crippen molar-refractivity contribution in [2.75, 3.05) is 24.3 Å². The van der Waals surface area contributed by atoms with Gasteiger partial charge in [-0.1, -0.05) is 13.0 Å². The van der Waals surface area contributed by atoms with Crippen molar-refractivity contribution < 1.29 is 28.2 Å². The number of nitrogens with one attached hydrogen (secondary N) is 2. The Kier molecular flexibility index (Phi) is 6.99. The van der Waals surface area contributed by atoms with Gasteiger partial charge in [0, 0.05) is 17.3 Å². The zero-order valence-electron chi connectivity index (χ0n) is 18.7. The highest BCUT2D eigenvalue weighted by atomic mass is 19.1. The van der Waals surface area contributed by atoms with Gasteiger partial charge >= 0.3 is 0 Å². The van der Waals surface area contributed by atoms with Crippen LogP contribution < -0.4 is 16.4 Å². The summed E-state index contributed by atoms with van der Waals surface area (Å²) in [5.74, 6) is -3.10. The van der Waals surface area contributed by atoms with E-state index in [0.717, 1.165) is 17.7 Å². The third kappa shape index (κ3) is 5.42. The van der Waals surface area contributed by atoms with Crippen LogP contribution in [-0.2, 0) is 16.0 Å². The summed E-state index contributed by atoms with van der Waals surface area (Å²) in [5.41, 5.74) is 7.88. The van der Waals surface area contributed by atoms with Crippen molar-refractivity contribution in [2.24, 2.45) is 0 Å². The van der Waals surface area contributed by atoms with Crippen molar-refractivity contribution in [3.8, 4) is 11.3 Å². The van der Waals surface area contributed by atoms with Crippen molar-refractivity contribution in [2.45, 2.75) is 25.5 Å². The molecule has 182 valence electrons. The van der Waals surface area contributed by atoms with Crippen molar-refractivity contribution in [3.63, 3.8) is 0 Å². The number of nitrogens with zero attached hydrogens (tertiary/aromatic N) is 2. The smallest absolute Gasteiger partial charge is 0.274 e. The lowest BCUT2D eigenvalue weighted by atomic mass is 10.0. The van der Waals surface area contributed by atoms with Gasteiger partial charge in [-0.05, 0) is 41.8 Å². The fourth-order valence-corrected chi connectivity index (χ4v) is 3.58. The van der Waals surface area contributed by atoms with Crippen molar-refractivity contribution >= 4 is 23.3 Å². The van der Waals surface area contributed by atoms with Crippen LogP contribution in [0.5, 0.6) is 0 Å². The zero-order valence-corrected chi connectivity index (χ0v) is 18.7. The average Bonchev–Trinajstić information content (AvgIpc) is 2.80. The van der Waals surface area contributed by atoms with Gasteiger partial charge in [-0.25, -0.2) is 18.7 Å². The van der Waals surface area contributed by atoms with Crippen LogP contribution in [-0.4, -0.2) is 46.1 Å². The first kappa shape index (κ1) is 24.2. The molecule has 1 fully saturated rings. The highest BCUT2D eigenvalue weighted by molar-refractivity contribution is 5.97. The van der Waals surface area contributed by atoms with E-state index in [1.54, 1.807) is 18.2 Å². The summed E-state index contributed by atoms with van der Waals surface area (Å²) >= 11 is 0. The molecule has 2 aromatic carbocycles. The van der Waals surface area contributed by atoms with Crippen LogP contribution in [0.3, 0.4) is 0 Å². The molecule has 5 N–H and O–H groups in total. The Morgan fingerprint density at radius 2 is 1.91 bits per heavy atom. The molecule has 1 saturated heterocycles. The van der Waals surface area contributed by atoms with E-state index in [4.69, 9.17) is 10.5 Å². The lowest BCUT2D eigenvalue weighted by Gasteiger charge is -2.26. The standard InChI is InChI=1S/C24H23F2N5O4/c1-2-12-7-16(29-24(34)21(32)13-5-14(25)8-15(26)6-13)3-4-18(12)19-9-28-22(27)20(31-19)23(33)30-17-10-35-11-17/h3-9,17,21,32H,2,10-11H2,1H3,(H2,27,28)(H,29,34)(H,30,33). The monoisotopic (exact) mass is 483 g/mol. The Balaban J connectivity index is 1.55. The van der Waals surface area contributed by atoms with Gasteiger partial charge in [0.25, 0.3) is 11.8 Å². The third-order valence-electron chi connectivity index (χ3n) is 5.47. The number of rotatable bonds is 7. The van der Waals surface area contributed by atoms with Crippen LogP contribution in [0.25, 0.3) is 11.3 Å². The number of aromatic nitrogens is 2. The molecular formula is C24H23F2N5O4. The predicted molar refractivity (Wildman–Crippen MR) is 123 cm³/mol. The molecule has 1 unspecified atom stereocenters. The van der Waals surface area contributed by atoms with Gasteiger partial charge in [-0.2, -0.15) is 0 Å². The maximum atomic E-state index is 13.4. The Hall–Kier alpha value is -3.96. The number of halogens is 2. The highest BCUT2D eigenvalue weighted by Crippen LogP contribution is 2.27. The molecule has 0 saturated carbocycles. The Bertz CT molecular complexity index is 1260. The molecule has 9 nitrogen and oxygen atoms in total. The quantitative estimate of drug-likeness (QED) is 0.405. The predicted octanol–water partition coefficient (Wildman–Crippen LogP) is 2.37. The topological polar surface area (TPSA) is 139 Å². The van der Waals surface area contributed by atoms with E-state index >= 15 is 0 Å². The van der Waals surface area contributed by atoms with Gasteiger partial charge < -0.3 is 26.2 Å². The fourth-order valence-electron chi connectivity index (χ4n) is 3.58. The van der Waals surface area contributed by atoms with Crippen LogP contribution in [0.2, 0.25) is 0 Å². The van der Waals surface area contributed by atoms with E-state index in [9.17, 15) is 23.5 Å². The second-order valence-electron chi connectivity index (χ2n) is 8.02. The maximum absolute atomic E-state index is 13.4. The fraction of sp³-hybridized carbons (Fsp3) is 0.250. The van der Waals surface area contributed by atoms with E-state index in [2.05, 4.69) is 20.6 Å². The van der Waals surface area contributed by atoms with Gasteiger partial charge in [0.1, 0.15) is 11.6 Å². The third-order valence-corrected chi connectivity index (χ3v) is 5.47. The minimum atomic E-state index is -1.77. The van der Waals surface area contributed by atoms with Crippen LogP contribution in [0.15, 0.2) is 42.6 Å². The minimum absolute atomic E-state index is 0.000666. The molecular weight excluding hydrogens is 460 g/mol. The molecule has 1 aliphatic heterocycles. The molecule has 2 heterocycles. The van der Waals surface area contributed by atoms with Crippen molar-refractivity contribution in [1.82, 2.24) is 15.3 Å². The molecule has 0 radical (unpaired) electrons. The number of benzene rings is 2. The van der Waals surface area contributed by atoms with Gasteiger partial charge in [0.05, 0.1) is 31.1 Å². The molecule has 11 heteroatoms. The lowest BCUT2D eigenvalue weighted by Crippen LogP contribution is -2.48. The summed E-state index contributed by atoms with van der Waals surface area (Å²) < 4.78 is 31.9. The van der Waals surface area contributed by atoms with Crippen molar-refractivity contribution in [1.29, 1.82) is 0 Å². The maximum Gasteiger partial charge on any atom is 0.274 e. The second kappa shape index (κ2) is 10.1. The number of aliphatic hydroxyl groups excluding tert-OH is 1. The number of hydrogen-bond donors (Lipinski definition) is 4. The summed E-state index contributed by atoms with van der Waals surface area (Å²) in [6.07, 6.45) is 0.229. The largest absolute Gasteiger partial charge is 0.382 e. The molecule has 0 bridgehead atoms. The van der Waals surface area contributed by atoms with Gasteiger partial charge in [-0.3, -0.25) is 9.59 Å². The highest BCUT2D eigenvalue weighted by Gasteiger charge is 2.24. The summed E-state index contributed by atoms with van der Waals surface area (Å²) in [6, 6.07) is 7.27. The zero-order chi connectivity index (χ0) is 25.1. The molecule has 1 atom stereocenters. The average molecular weight is 483 g/mol. The van der Waals surface area contributed by atoms with E-state index in [1.807, 2.05) is 6.92 Å². The lowest BCUT2D eigenvalue weighted by molar-refractivity contribution is -0.124. The number of aliphatic hydroxyl groups is 1. The molecule has 3 aromatic rings. The first-order valence-corrected chi connectivity index (χ1v) is 10.8. The normalized spacial score (nSPS) is 14.2. The molecule has 1 aromatic heterocycles. The number of aryl methyl sites for hydroxylation is 1. The van der Waals surface area contributed by atoms with E-state index in [1.165, 1.54) is 6.20 Å². The number of nitrogen functional groups attached to an aromatic ring is 1.